The number of nitrogens with one attached hydrogen (secondary N) is 1. The lowest BCUT2D eigenvalue weighted by molar-refractivity contribution is -0.527. The van der Waals surface area contributed by atoms with Crippen molar-refractivity contribution < 1.29 is 49.9 Å². The summed E-state index contributed by atoms with van der Waals surface area (Å²) in [6, 6.07) is -1.02. The number of alkyl carbamates (subject to hydrolysis) is 1. The van der Waals surface area contributed by atoms with E-state index >= 15 is 0 Å². The average molecular weight is 403 g/mol. The molecule has 0 radical (unpaired) electrons. The standard InChI is InChI=1S/C12H25N3O10S/c1-26-7-5-10(11(16)17)13-12(18)23-6-3-2-4-9(25-15(21)22)8-24-14(19)20/h9-10,19-22H,2-8H2,1H3,(H,13,18)(H,16,17). The molecular formula is C12H25N3O10S. The molecule has 14 heteroatoms. The zero-order valence-electron chi connectivity index (χ0n) is 14.2. The van der Waals surface area contributed by atoms with Crippen LogP contribution in [0.5, 0.6) is 0 Å². The average Bonchev–Trinajstić information content (AvgIpc) is 2.55. The second-order valence-electron chi connectivity index (χ2n) is 4.98. The Bertz CT molecular complexity index is 401. The summed E-state index contributed by atoms with van der Waals surface area (Å²) in [4.78, 5) is 31.4. The van der Waals surface area contributed by atoms with Crippen molar-refractivity contribution in [3.05, 3.63) is 0 Å². The number of ether oxygens (including phenoxy) is 1. The first-order valence-corrected chi connectivity index (χ1v) is 8.96. The molecule has 0 aromatic carbocycles. The maximum Gasteiger partial charge on any atom is 0.407 e. The highest BCUT2D eigenvalue weighted by atomic mass is 32.2. The summed E-state index contributed by atoms with van der Waals surface area (Å²) in [5.74, 6) is -0.567. The minimum atomic E-state index is -1.14. The summed E-state index contributed by atoms with van der Waals surface area (Å²) in [5.41, 5.74) is 0. The highest BCUT2D eigenvalue weighted by molar-refractivity contribution is 7.98. The van der Waals surface area contributed by atoms with Crippen molar-refractivity contribution in [2.24, 2.45) is 0 Å². The Morgan fingerprint density at radius 3 is 2.35 bits per heavy atom. The molecule has 0 spiro atoms. The van der Waals surface area contributed by atoms with Gasteiger partial charge in [-0.15, -0.1) is 0 Å². The molecule has 2 atom stereocenters. The van der Waals surface area contributed by atoms with Gasteiger partial charge in [0.05, 0.1) is 17.4 Å². The Morgan fingerprint density at radius 1 is 1.12 bits per heavy atom. The van der Waals surface area contributed by atoms with Crippen LogP contribution in [0.4, 0.5) is 4.79 Å². The Hall–Kier alpha value is -1.23. The molecule has 0 aromatic rings. The predicted octanol–water partition coefficient (Wildman–Crippen LogP) is 0.482. The lowest BCUT2D eigenvalue weighted by Crippen LogP contribution is -2.41. The van der Waals surface area contributed by atoms with Crippen molar-refractivity contribution in [2.75, 3.05) is 25.2 Å². The van der Waals surface area contributed by atoms with Crippen molar-refractivity contribution in [3.8, 4) is 0 Å². The third kappa shape index (κ3) is 14.0. The van der Waals surface area contributed by atoms with E-state index in [2.05, 4.69) is 15.0 Å². The van der Waals surface area contributed by atoms with E-state index in [4.69, 9.17) is 30.7 Å². The molecule has 0 aliphatic heterocycles. The molecule has 26 heavy (non-hydrogen) atoms. The van der Waals surface area contributed by atoms with E-state index < -0.39 is 35.0 Å². The van der Waals surface area contributed by atoms with Gasteiger partial charge >= 0.3 is 12.1 Å². The monoisotopic (exact) mass is 403 g/mol. The maximum absolute atomic E-state index is 11.6. The number of hydrogen-bond donors (Lipinski definition) is 6. The fourth-order valence-electron chi connectivity index (χ4n) is 1.77. The van der Waals surface area contributed by atoms with Gasteiger partial charge in [-0.1, -0.05) is 0 Å². The van der Waals surface area contributed by atoms with Gasteiger partial charge in [0.15, 0.2) is 0 Å². The van der Waals surface area contributed by atoms with E-state index in [1.165, 1.54) is 11.8 Å². The van der Waals surface area contributed by atoms with Crippen LogP contribution in [0.3, 0.4) is 0 Å². The lowest BCUT2D eigenvalue weighted by atomic mass is 10.2. The minimum absolute atomic E-state index is 0.00235. The fraction of sp³-hybridized carbons (Fsp3) is 0.833. The number of carbonyl (C=O) groups excluding carboxylic acids is 1. The smallest absolute Gasteiger partial charge is 0.407 e. The first kappa shape index (κ1) is 24.8. The van der Waals surface area contributed by atoms with Gasteiger partial charge in [-0.2, -0.15) is 11.8 Å². The SMILES string of the molecule is CSCCC(NC(=O)OCCCCC(CON(O)O)ON(O)O)C(=O)O. The van der Waals surface area contributed by atoms with Crippen LogP contribution in [-0.4, -0.2) is 86.1 Å². The minimum Gasteiger partial charge on any atom is -0.480 e. The van der Waals surface area contributed by atoms with Crippen LogP contribution in [0, 0.1) is 0 Å². The number of hydrogen-bond acceptors (Lipinski definition) is 12. The van der Waals surface area contributed by atoms with Gasteiger partial charge < -0.3 is 15.2 Å². The van der Waals surface area contributed by atoms with E-state index in [1.807, 2.05) is 6.26 Å². The van der Waals surface area contributed by atoms with Crippen molar-refractivity contribution in [2.45, 2.75) is 37.8 Å². The second kappa shape index (κ2) is 14.9. The number of unbranched alkanes of at least 4 members (excludes halogenated alkanes) is 1. The number of amides is 1. The molecular weight excluding hydrogens is 378 g/mol. The molecule has 0 aliphatic carbocycles. The number of aliphatic carboxylic acids is 1. The van der Waals surface area contributed by atoms with E-state index in [-0.39, 0.29) is 26.1 Å². The zero-order chi connectivity index (χ0) is 19.9. The first-order valence-electron chi connectivity index (χ1n) is 7.56. The van der Waals surface area contributed by atoms with E-state index in [0.717, 1.165) is 0 Å². The van der Waals surface area contributed by atoms with Gasteiger partial charge in [-0.05, 0) is 37.7 Å². The lowest BCUT2D eigenvalue weighted by Gasteiger charge is -2.19. The normalized spacial score (nSPS) is 13.7. The van der Waals surface area contributed by atoms with Crippen LogP contribution in [-0.2, 0) is 19.2 Å². The number of thioether (sulfide) groups is 1. The molecule has 6 N–H and O–H groups in total. The summed E-state index contributed by atoms with van der Waals surface area (Å²) >= 11 is 1.46. The van der Waals surface area contributed by atoms with Crippen LogP contribution in [0.2, 0.25) is 0 Å². The van der Waals surface area contributed by atoms with Gasteiger partial charge in [-0.25, -0.2) is 19.3 Å². The molecule has 1 amide bonds. The molecule has 13 nitrogen and oxygen atoms in total. The number of nitrogens with zero attached hydrogens (tertiary/aromatic N) is 2. The molecule has 0 rings (SSSR count). The van der Waals surface area contributed by atoms with Crippen LogP contribution < -0.4 is 5.32 Å². The van der Waals surface area contributed by atoms with Crippen LogP contribution in [0.1, 0.15) is 25.7 Å². The highest BCUT2D eigenvalue weighted by Gasteiger charge is 2.20. The van der Waals surface area contributed by atoms with Gasteiger partial charge in [0.1, 0.15) is 18.8 Å². The molecule has 0 aliphatic rings. The summed E-state index contributed by atoms with van der Waals surface area (Å²) in [6.07, 6.45) is 1.32. The zero-order valence-corrected chi connectivity index (χ0v) is 15.0. The van der Waals surface area contributed by atoms with Crippen LogP contribution in [0.15, 0.2) is 0 Å². The van der Waals surface area contributed by atoms with Gasteiger partial charge in [0.2, 0.25) is 0 Å². The Kier molecular flexibility index (Phi) is 14.2. The van der Waals surface area contributed by atoms with E-state index in [9.17, 15) is 9.59 Å². The van der Waals surface area contributed by atoms with Gasteiger partial charge in [0.25, 0.3) is 0 Å². The van der Waals surface area contributed by atoms with Crippen LogP contribution in [0.25, 0.3) is 0 Å². The van der Waals surface area contributed by atoms with Crippen molar-refractivity contribution in [1.82, 2.24) is 16.1 Å². The Labute approximate surface area is 153 Å². The fourth-order valence-corrected chi connectivity index (χ4v) is 2.24. The summed E-state index contributed by atoms with van der Waals surface area (Å²) in [5, 5.41) is 44.2. The first-order chi connectivity index (χ1) is 12.3. The van der Waals surface area contributed by atoms with Crippen LogP contribution >= 0.6 is 11.8 Å². The third-order valence-corrected chi connectivity index (χ3v) is 3.62. The predicted molar refractivity (Wildman–Crippen MR) is 84.4 cm³/mol. The molecule has 0 saturated carbocycles. The Morgan fingerprint density at radius 2 is 1.81 bits per heavy atom. The van der Waals surface area contributed by atoms with E-state index in [1.54, 1.807) is 0 Å². The quantitative estimate of drug-likeness (QED) is 0.164. The largest absolute Gasteiger partial charge is 0.480 e. The molecule has 154 valence electrons. The topological polar surface area (TPSA) is 181 Å². The molecule has 0 bridgehead atoms. The molecule has 2 unspecified atom stereocenters. The molecule has 0 heterocycles. The van der Waals surface area contributed by atoms with Crippen molar-refractivity contribution in [3.63, 3.8) is 0 Å². The van der Waals surface area contributed by atoms with Gasteiger partial charge in [0, 0.05) is 0 Å². The van der Waals surface area contributed by atoms with Gasteiger partial charge in [-0.3, -0.25) is 20.8 Å². The number of carboxylic acid groups (broad SMARTS) is 1. The molecule has 0 aromatic heterocycles. The Balaban J connectivity index is 4.02. The number of carbonyl (C=O) groups is 2. The maximum atomic E-state index is 11.6. The van der Waals surface area contributed by atoms with Crippen molar-refractivity contribution >= 4 is 23.8 Å². The van der Waals surface area contributed by atoms with E-state index in [0.29, 0.717) is 18.6 Å². The molecule has 0 fully saturated rings. The summed E-state index contributed by atoms with van der Waals surface area (Å²) in [6.45, 7) is -0.385. The number of carboxylic acids is 1. The third-order valence-electron chi connectivity index (χ3n) is 2.97. The molecule has 0 saturated heterocycles. The number of rotatable bonds is 15. The second-order valence-corrected chi connectivity index (χ2v) is 5.96. The van der Waals surface area contributed by atoms with Crippen molar-refractivity contribution in [1.29, 1.82) is 0 Å². The summed E-state index contributed by atoms with van der Waals surface area (Å²) in [7, 11) is 0. The summed E-state index contributed by atoms with van der Waals surface area (Å²) < 4.78 is 4.87. The highest BCUT2D eigenvalue weighted by Crippen LogP contribution is 2.08.